The number of aromatic amines is 1. The van der Waals surface area contributed by atoms with E-state index in [1.54, 1.807) is 17.0 Å². The van der Waals surface area contributed by atoms with Gasteiger partial charge in [0.25, 0.3) is 0 Å². The van der Waals surface area contributed by atoms with Gasteiger partial charge in [0.2, 0.25) is 11.8 Å². The van der Waals surface area contributed by atoms with Gasteiger partial charge in [-0.05, 0) is 24.3 Å². The van der Waals surface area contributed by atoms with E-state index >= 15 is 0 Å². The van der Waals surface area contributed by atoms with Crippen LogP contribution < -0.4 is 11.1 Å². The van der Waals surface area contributed by atoms with Crippen LogP contribution in [0.5, 0.6) is 0 Å². The van der Waals surface area contributed by atoms with Crippen LogP contribution in [0.25, 0.3) is 11.4 Å². The third-order valence-corrected chi connectivity index (χ3v) is 4.08. The summed E-state index contributed by atoms with van der Waals surface area (Å²) in [5.74, 6) is 0.962. The number of rotatable bonds is 6. The number of carbonyl (C=O) groups excluding carboxylic acids is 2. The molecule has 4 N–H and O–H groups in total. The molecule has 0 bridgehead atoms. The molecule has 9 heteroatoms. The summed E-state index contributed by atoms with van der Waals surface area (Å²) in [5.41, 5.74) is 6.98. The summed E-state index contributed by atoms with van der Waals surface area (Å²) < 4.78 is 5.21. The Balaban J connectivity index is 1.48. The van der Waals surface area contributed by atoms with Gasteiger partial charge in [0, 0.05) is 37.2 Å². The third-order valence-electron chi connectivity index (χ3n) is 4.08. The van der Waals surface area contributed by atoms with Crippen molar-refractivity contribution >= 4 is 17.5 Å². The molecule has 1 aliphatic rings. The predicted molar refractivity (Wildman–Crippen MR) is 95.0 cm³/mol. The maximum absolute atomic E-state index is 12.0. The van der Waals surface area contributed by atoms with Crippen LogP contribution in [-0.4, -0.2) is 58.2 Å². The van der Waals surface area contributed by atoms with Crippen molar-refractivity contribution < 1.29 is 14.3 Å². The molecule has 9 nitrogen and oxygen atoms in total. The number of hydrogen-bond acceptors (Lipinski definition) is 6. The maximum atomic E-state index is 12.0. The minimum absolute atomic E-state index is 0.0147. The minimum atomic E-state index is -0.192. The zero-order valence-electron chi connectivity index (χ0n) is 14.4. The molecule has 2 amide bonds. The molecule has 1 fully saturated rings. The quantitative estimate of drug-likeness (QED) is 0.690. The van der Waals surface area contributed by atoms with Crippen molar-refractivity contribution in [3.05, 3.63) is 30.1 Å². The van der Waals surface area contributed by atoms with E-state index in [1.807, 2.05) is 12.1 Å². The van der Waals surface area contributed by atoms with Gasteiger partial charge in [0.15, 0.2) is 5.82 Å². The second-order valence-electron chi connectivity index (χ2n) is 5.93. The van der Waals surface area contributed by atoms with Crippen molar-refractivity contribution in [2.75, 3.05) is 31.6 Å². The Hall–Kier alpha value is -2.78. The van der Waals surface area contributed by atoms with Gasteiger partial charge in [-0.2, -0.15) is 5.10 Å². The van der Waals surface area contributed by atoms with Gasteiger partial charge < -0.3 is 20.7 Å². The van der Waals surface area contributed by atoms with E-state index in [4.69, 9.17) is 10.5 Å². The van der Waals surface area contributed by atoms with Crippen LogP contribution >= 0.6 is 0 Å². The maximum Gasteiger partial charge on any atom is 0.224 e. The van der Waals surface area contributed by atoms with Crippen LogP contribution in [0.3, 0.4) is 0 Å². The molecule has 1 saturated heterocycles. The van der Waals surface area contributed by atoms with Crippen molar-refractivity contribution in [3.8, 4) is 11.4 Å². The van der Waals surface area contributed by atoms with Crippen molar-refractivity contribution in [2.24, 2.45) is 5.73 Å². The molecule has 0 atom stereocenters. The molecule has 0 saturated carbocycles. The van der Waals surface area contributed by atoms with Crippen LogP contribution in [0.4, 0.5) is 5.69 Å². The molecule has 1 aliphatic heterocycles. The number of nitrogens with one attached hydrogen (secondary N) is 2. The number of morpholine rings is 1. The van der Waals surface area contributed by atoms with E-state index in [0.29, 0.717) is 50.2 Å². The topological polar surface area (TPSA) is 126 Å². The Bertz CT molecular complexity index is 752. The monoisotopic (exact) mass is 358 g/mol. The highest BCUT2D eigenvalue weighted by Crippen LogP contribution is 2.18. The average Bonchev–Trinajstić information content (AvgIpc) is 3.16. The normalized spacial score (nSPS) is 14.3. The molecule has 0 spiro atoms. The highest BCUT2D eigenvalue weighted by molar-refractivity contribution is 5.93. The van der Waals surface area contributed by atoms with E-state index in [1.165, 1.54) is 0 Å². The Morgan fingerprint density at radius 2 is 1.92 bits per heavy atom. The Morgan fingerprint density at radius 1 is 1.19 bits per heavy atom. The van der Waals surface area contributed by atoms with Crippen LogP contribution in [-0.2, 0) is 20.9 Å². The fourth-order valence-electron chi connectivity index (χ4n) is 2.63. The van der Waals surface area contributed by atoms with Crippen molar-refractivity contribution in [2.45, 2.75) is 19.4 Å². The number of benzene rings is 1. The third kappa shape index (κ3) is 4.64. The number of carbonyl (C=O) groups is 2. The lowest BCUT2D eigenvalue weighted by Gasteiger charge is -2.26. The minimum Gasteiger partial charge on any atom is -0.378 e. The average molecular weight is 358 g/mol. The second-order valence-corrected chi connectivity index (χ2v) is 5.93. The SMILES string of the molecule is NCc1nc(-c2ccc(NC(=O)CCC(=O)N3CCOCC3)cc2)n[nH]1. The Morgan fingerprint density at radius 3 is 2.58 bits per heavy atom. The van der Waals surface area contributed by atoms with Crippen molar-refractivity contribution in [3.63, 3.8) is 0 Å². The van der Waals surface area contributed by atoms with Gasteiger partial charge in [-0.15, -0.1) is 0 Å². The number of anilines is 1. The molecule has 1 aromatic carbocycles. The smallest absolute Gasteiger partial charge is 0.224 e. The number of nitrogens with zero attached hydrogens (tertiary/aromatic N) is 3. The first-order valence-corrected chi connectivity index (χ1v) is 8.53. The zero-order valence-corrected chi connectivity index (χ0v) is 14.4. The first-order chi connectivity index (χ1) is 12.7. The number of H-pyrrole nitrogens is 1. The number of hydrogen-bond donors (Lipinski definition) is 3. The summed E-state index contributed by atoms with van der Waals surface area (Å²) in [6, 6.07) is 7.18. The fraction of sp³-hybridized carbons (Fsp3) is 0.412. The summed E-state index contributed by atoms with van der Waals surface area (Å²) in [4.78, 5) is 30.1. The molecule has 26 heavy (non-hydrogen) atoms. The van der Waals surface area contributed by atoms with E-state index in [-0.39, 0.29) is 24.7 Å². The number of aromatic nitrogens is 3. The van der Waals surface area contributed by atoms with Gasteiger partial charge in [-0.3, -0.25) is 14.7 Å². The number of ether oxygens (including phenoxy) is 1. The molecule has 1 aromatic heterocycles. The lowest BCUT2D eigenvalue weighted by molar-refractivity contribution is -0.136. The van der Waals surface area contributed by atoms with Crippen LogP contribution in [0.2, 0.25) is 0 Å². The van der Waals surface area contributed by atoms with Gasteiger partial charge >= 0.3 is 0 Å². The summed E-state index contributed by atoms with van der Waals surface area (Å²) >= 11 is 0. The summed E-state index contributed by atoms with van der Waals surface area (Å²) in [7, 11) is 0. The van der Waals surface area contributed by atoms with Gasteiger partial charge in [-0.1, -0.05) is 0 Å². The second kappa shape index (κ2) is 8.54. The van der Waals surface area contributed by atoms with Gasteiger partial charge in [-0.25, -0.2) is 4.98 Å². The molecular weight excluding hydrogens is 336 g/mol. The fourth-order valence-corrected chi connectivity index (χ4v) is 2.63. The van der Waals surface area contributed by atoms with Crippen LogP contribution in [0, 0.1) is 0 Å². The van der Waals surface area contributed by atoms with E-state index in [2.05, 4.69) is 20.5 Å². The molecule has 2 heterocycles. The predicted octanol–water partition coefficient (Wildman–Crippen LogP) is 0.508. The number of amides is 2. The lowest BCUT2D eigenvalue weighted by atomic mass is 10.2. The first kappa shape index (κ1) is 18.0. The number of nitrogens with two attached hydrogens (primary N) is 1. The highest BCUT2D eigenvalue weighted by Gasteiger charge is 2.17. The van der Waals surface area contributed by atoms with E-state index < -0.39 is 0 Å². The standard InChI is InChI=1S/C17H22N6O3/c18-11-14-20-17(22-21-14)12-1-3-13(4-2-12)19-15(24)5-6-16(25)23-7-9-26-10-8-23/h1-4H,5-11,18H2,(H,19,24)(H,20,21,22). The lowest BCUT2D eigenvalue weighted by Crippen LogP contribution is -2.40. The van der Waals surface area contributed by atoms with Gasteiger partial charge in [0.05, 0.1) is 19.8 Å². The first-order valence-electron chi connectivity index (χ1n) is 8.53. The molecular formula is C17H22N6O3. The summed E-state index contributed by atoms with van der Waals surface area (Å²) in [5, 5.41) is 9.63. The van der Waals surface area contributed by atoms with Gasteiger partial charge in [0.1, 0.15) is 5.82 Å². The summed E-state index contributed by atoms with van der Waals surface area (Å²) in [6.45, 7) is 2.60. The molecule has 3 rings (SSSR count). The zero-order chi connectivity index (χ0) is 18.4. The van der Waals surface area contributed by atoms with E-state index in [9.17, 15) is 9.59 Å². The molecule has 0 radical (unpaired) electrons. The van der Waals surface area contributed by atoms with Crippen LogP contribution in [0.1, 0.15) is 18.7 Å². The van der Waals surface area contributed by atoms with Crippen LogP contribution in [0.15, 0.2) is 24.3 Å². The van der Waals surface area contributed by atoms with Crippen molar-refractivity contribution in [1.29, 1.82) is 0 Å². The molecule has 138 valence electrons. The molecule has 0 unspecified atom stereocenters. The summed E-state index contributed by atoms with van der Waals surface area (Å²) in [6.07, 6.45) is 0.349. The van der Waals surface area contributed by atoms with Crippen molar-refractivity contribution in [1.82, 2.24) is 20.1 Å². The van der Waals surface area contributed by atoms with E-state index in [0.717, 1.165) is 5.56 Å². The molecule has 2 aromatic rings. The Kier molecular flexibility index (Phi) is 5.92. The largest absolute Gasteiger partial charge is 0.378 e. The highest BCUT2D eigenvalue weighted by atomic mass is 16.5. The Labute approximate surface area is 150 Å². The molecule has 0 aliphatic carbocycles.